The van der Waals surface area contributed by atoms with Crippen LogP contribution in [0.25, 0.3) is 16.6 Å². The van der Waals surface area contributed by atoms with Gasteiger partial charge in [-0.05, 0) is 48.0 Å². The molecule has 0 aliphatic carbocycles. The van der Waals surface area contributed by atoms with Crippen LogP contribution in [0.15, 0.2) is 76.3 Å². The molecule has 0 bridgehead atoms. The predicted molar refractivity (Wildman–Crippen MR) is 119 cm³/mol. The Labute approximate surface area is 182 Å². The van der Waals surface area contributed by atoms with Crippen molar-refractivity contribution in [3.63, 3.8) is 0 Å². The van der Waals surface area contributed by atoms with Crippen molar-refractivity contribution in [2.45, 2.75) is 6.54 Å². The van der Waals surface area contributed by atoms with Crippen LogP contribution in [-0.2, 0) is 6.54 Å². The molecule has 0 unspecified atom stereocenters. The van der Waals surface area contributed by atoms with Crippen molar-refractivity contribution in [2.24, 2.45) is 0 Å². The van der Waals surface area contributed by atoms with Gasteiger partial charge in [-0.25, -0.2) is 9.36 Å². The molecule has 5 rings (SSSR count). The number of aromatic nitrogens is 2. The molecule has 4 aromatic rings. The van der Waals surface area contributed by atoms with E-state index in [1.807, 2.05) is 24.3 Å². The number of nitrogens with one attached hydrogen (secondary N) is 1. The number of aromatic amines is 1. The van der Waals surface area contributed by atoms with Gasteiger partial charge in [-0.15, -0.1) is 0 Å². The molecule has 1 aliphatic rings. The molecule has 160 valence electrons. The highest BCUT2D eigenvalue weighted by Gasteiger charge is 2.18. The van der Waals surface area contributed by atoms with Crippen molar-refractivity contribution >= 4 is 16.8 Å². The largest absolute Gasteiger partial charge is 0.454 e. The third-order valence-electron chi connectivity index (χ3n) is 5.36. The van der Waals surface area contributed by atoms with Gasteiger partial charge in [0.1, 0.15) is 0 Å². The van der Waals surface area contributed by atoms with Gasteiger partial charge in [0.15, 0.2) is 11.5 Å². The van der Waals surface area contributed by atoms with E-state index in [1.54, 1.807) is 48.3 Å². The molecule has 0 saturated carbocycles. The summed E-state index contributed by atoms with van der Waals surface area (Å²) in [6, 6.07) is 18.9. The Morgan fingerprint density at radius 3 is 2.59 bits per heavy atom. The van der Waals surface area contributed by atoms with E-state index in [0.29, 0.717) is 40.2 Å². The van der Waals surface area contributed by atoms with Gasteiger partial charge in [0.2, 0.25) is 6.79 Å². The maximum absolute atomic E-state index is 13.0. The van der Waals surface area contributed by atoms with Crippen molar-refractivity contribution in [3.8, 4) is 17.2 Å². The van der Waals surface area contributed by atoms with Crippen LogP contribution in [0.2, 0.25) is 0 Å². The zero-order valence-corrected chi connectivity index (χ0v) is 17.2. The summed E-state index contributed by atoms with van der Waals surface area (Å²) in [6.45, 7) is 0.550. The summed E-state index contributed by atoms with van der Waals surface area (Å²) in [5, 5.41) is 0.323. The Hall–Kier alpha value is -4.33. The monoisotopic (exact) mass is 429 g/mol. The van der Waals surface area contributed by atoms with E-state index in [-0.39, 0.29) is 12.7 Å². The number of H-pyrrole nitrogens is 1. The van der Waals surface area contributed by atoms with Crippen molar-refractivity contribution in [3.05, 3.63) is 98.7 Å². The fourth-order valence-electron chi connectivity index (χ4n) is 3.77. The molecule has 1 aliphatic heterocycles. The Bertz CT molecular complexity index is 1460. The minimum atomic E-state index is -0.563. The molecule has 32 heavy (non-hydrogen) atoms. The standard InChI is InChI=1S/C24H19N3O5/c1-26(13-15-7-10-20-21(11-15)32-14-31-20)22(28)16-8-9-18-19(12-16)25-24(30)27(23(18)29)17-5-3-2-4-6-17/h2-12H,13-14H2,1H3,(H,25,30). The minimum absolute atomic E-state index is 0.189. The maximum Gasteiger partial charge on any atom is 0.333 e. The molecule has 1 aromatic heterocycles. The van der Waals surface area contributed by atoms with Gasteiger partial charge in [-0.2, -0.15) is 0 Å². The van der Waals surface area contributed by atoms with Gasteiger partial charge in [0.25, 0.3) is 11.5 Å². The molecule has 0 fully saturated rings. The zero-order chi connectivity index (χ0) is 22.2. The summed E-state index contributed by atoms with van der Waals surface area (Å²) in [4.78, 5) is 42.8. The van der Waals surface area contributed by atoms with Gasteiger partial charge in [-0.3, -0.25) is 9.59 Å². The van der Waals surface area contributed by atoms with E-state index in [9.17, 15) is 14.4 Å². The van der Waals surface area contributed by atoms with E-state index >= 15 is 0 Å². The topological polar surface area (TPSA) is 93.6 Å². The van der Waals surface area contributed by atoms with Crippen LogP contribution >= 0.6 is 0 Å². The molecule has 1 N–H and O–H groups in total. The van der Waals surface area contributed by atoms with Gasteiger partial charge in [0, 0.05) is 19.2 Å². The van der Waals surface area contributed by atoms with E-state index in [0.717, 1.165) is 10.1 Å². The highest BCUT2D eigenvalue weighted by Crippen LogP contribution is 2.32. The summed E-state index contributed by atoms with van der Waals surface area (Å²) in [5.74, 6) is 1.10. The molecule has 0 spiro atoms. The Morgan fingerprint density at radius 1 is 1.00 bits per heavy atom. The number of rotatable bonds is 4. The summed E-state index contributed by atoms with van der Waals surface area (Å²) < 4.78 is 11.8. The number of hydrogen-bond acceptors (Lipinski definition) is 5. The lowest BCUT2D eigenvalue weighted by atomic mass is 10.1. The molecule has 8 heteroatoms. The molecule has 0 atom stereocenters. The van der Waals surface area contributed by atoms with Crippen LogP contribution in [-0.4, -0.2) is 34.2 Å². The first-order chi connectivity index (χ1) is 15.5. The first-order valence-corrected chi connectivity index (χ1v) is 10.00. The van der Waals surface area contributed by atoms with Gasteiger partial charge >= 0.3 is 5.69 Å². The fraction of sp³-hybridized carbons (Fsp3) is 0.125. The second-order valence-electron chi connectivity index (χ2n) is 7.52. The predicted octanol–water partition coefficient (Wildman–Crippen LogP) is 2.68. The minimum Gasteiger partial charge on any atom is -0.454 e. The quantitative estimate of drug-likeness (QED) is 0.538. The Kier molecular flexibility index (Phi) is 4.74. The van der Waals surface area contributed by atoms with Crippen LogP contribution < -0.4 is 20.7 Å². The number of benzene rings is 3. The summed E-state index contributed by atoms with van der Waals surface area (Å²) in [7, 11) is 1.69. The summed E-state index contributed by atoms with van der Waals surface area (Å²) in [5.41, 5.74) is 1.05. The van der Waals surface area contributed by atoms with Crippen molar-refractivity contribution in [1.29, 1.82) is 0 Å². The molecule has 2 heterocycles. The molecular weight excluding hydrogens is 410 g/mol. The second kappa shape index (κ2) is 7.73. The first-order valence-electron chi connectivity index (χ1n) is 10.00. The number of fused-ring (bicyclic) bond motifs is 2. The van der Waals surface area contributed by atoms with Crippen molar-refractivity contribution in [2.75, 3.05) is 13.8 Å². The van der Waals surface area contributed by atoms with Crippen LogP contribution in [0, 0.1) is 0 Å². The number of nitrogens with zero attached hydrogens (tertiary/aromatic N) is 2. The number of hydrogen-bond donors (Lipinski definition) is 1. The number of carbonyl (C=O) groups excluding carboxylic acids is 1. The molecule has 3 aromatic carbocycles. The van der Waals surface area contributed by atoms with E-state index in [4.69, 9.17) is 9.47 Å². The van der Waals surface area contributed by atoms with Crippen LogP contribution in [0.5, 0.6) is 11.5 Å². The summed E-state index contributed by atoms with van der Waals surface area (Å²) >= 11 is 0. The van der Waals surface area contributed by atoms with Gasteiger partial charge < -0.3 is 19.4 Å². The number of amides is 1. The van der Waals surface area contributed by atoms with E-state index < -0.39 is 11.2 Å². The van der Waals surface area contributed by atoms with Crippen LogP contribution in [0.4, 0.5) is 0 Å². The maximum atomic E-state index is 13.0. The third kappa shape index (κ3) is 3.41. The molecule has 1 amide bonds. The lowest BCUT2D eigenvalue weighted by Gasteiger charge is -2.18. The summed E-state index contributed by atoms with van der Waals surface area (Å²) in [6.07, 6.45) is 0. The van der Waals surface area contributed by atoms with Crippen molar-refractivity contribution in [1.82, 2.24) is 14.5 Å². The van der Waals surface area contributed by atoms with Gasteiger partial charge in [-0.1, -0.05) is 24.3 Å². The van der Waals surface area contributed by atoms with E-state index in [2.05, 4.69) is 4.98 Å². The fourth-order valence-corrected chi connectivity index (χ4v) is 3.77. The lowest BCUT2D eigenvalue weighted by molar-refractivity contribution is 0.0785. The first kappa shape index (κ1) is 19.6. The average molecular weight is 429 g/mol. The second-order valence-corrected chi connectivity index (χ2v) is 7.52. The zero-order valence-electron chi connectivity index (χ0n) is 17.2. The molecule has 0 radical (unpaired) electrons. The molecular formula is C24H19N3O5. The number of para-hydroxylation sites is 1. The number of carbonyl (C=O) groups is 1. The molecule has 0 saturated heterocycles. The third-order valence-corrected chi connectivity index (χ3v) is 5.36. The lowest BCUT2D eigenvalue weighted by Crippen LogP contribution is -2.33. The highest BCUT2D eigenvalue weighted by atomic mass is 16.7. The molecule has 8 nitrogen and oxygen atoms in total. The van der Waals surface area contributed by atoms with Crippen LogP contribution in [0.1, 0.15) is 15.9 Å². The van der Waals surface area contributed by atoms with Crippen LogP contribution in [0.3, 0.4) is 0 Å². The Morgan fingerprint density at radius 2 is 1.78 bits per heavy atom. The Balaban J connectivity index is 1.45. The number of ether oxygens (including phenoxy) is 2. The smallest absolute Gasteiger partial charge is 0.333 e. The van der Waals surface area contributed by atoms with Gasteiger partial charge in [0.05, 0.1) is 16.6 Å². The van der Waals surface area contributed by atoms with E-state index in [1.165, 1.54) is 6.07 Å². The highest BCUT2D eigenvalue weighted by molar-refractivity contribution is 5.97. The normalized spacial score (nSPS) is 12.2. The van der Waals surface area contributed by atoms with Crippen molar-refractivity contribution < 1.29 is 14.3 Å². The SMILES string of the molecule is CN(Cc1ccc2c(c1)OCO2)C(=O)c1ccc2c(=O)n(-c3ccccc3)c(=O)[nH]c2c1. The average Bonchev–Trinajstić information content (AvgIpc) is 3.27.